The molecule has 4 rings (SSSR count). The lowest BCUT2D eigenvalue weighted by molar-refractivity contribution is -0.153. The lowest BCUT2D eigenvalue weighted by Crippen LogP contribution is -2.39. The van der Waals surface area contributed by atoms with E-state index in [4.69, 9.17) is 4.74 Å². The summed E-state index contributed by atoms with van der Waals surface area (Å²) in [7, 11) is 1.47. The molecule has 1 aliphatic rings. The molecular weight excluding hydrogens is 491 g/mol. The number of benzene rings is 1. The van der Waals surface area contributed by atoms with Gasteiger partial charge in [0.05, 0.1) is 18.2 Å². The molecule has 1 aliphatic carbocycles. The van der Waals surface area contributed by atoms with Crippen LogP contribution in [-0.4, -0.2) is 50.9 Å². The van der Waals surface area contributed by atoms with Gasteiger partial charge in [-0.05, 0) is 38.7 Å². The first kappa shape index (κ1) is 26.5. The van der Waals surface area contributed by atoms with Crippen LogP contribution in [0.1, 0.15) is 52.2 Å². The number of carbonyl (C=O) groups excluding carboxylic acids is 2. The molecule has 37 heavy (non-hydrogen) atoms. The van der Waals surface area contributed by atoms with Gasteiger partial charge in [0.25, 0.3) is 11.5 Å². The standard InChI is InChI=1S/C26H28F3N3O5/c1-15-12-19-21(25(36)32(15)13-20(34)16-6-4-3-5-7-16)23(37-14-26(27,28)29)22(31(19)2)24(35)30-17-8-10-18(33)11-9-17/h3-7,12,17-18,33H,8-11,13-14H2,1-2H3,(H,30,35). The van der Waals surface area contributed by atoms with E-state index < -0.39 is 36.1 Å². The molecule has 0 atom stereocenters. The fourth-order valence-electron chi connectivity index (χ4n) is 4.70. The molecule has 11 heteroatoms. The van der Waals surface area contributed by atoms with E-state index in [2.05, 4.69) is 5.32 Å². The van der Waals surface area contributed by atoms with E-state index in [0.29, 0.717) is 36.9 Å². The molecule has 2 aromatic heterocycles. The Morgan fingerprint density at radius 1 is 1.14 bits per heavy atom. The molecule has 1 amide bonds. The summed E-state index contributed by atoms with van der Waals surface area (Å²) in [5, 5.41) is 12.3. The summed E-state index contributed by atoms with van der Waals surface area (Å²) >= 11 is 0. The smallest absolute Gasteiger partial charge is 0.422 e. The maximum Gasteiger partial charge on any atom is 0.422 e. The maximum atomic E-state index is 13.6. The number of nitrogens with zero attached hydrogens (tertiary/aromatic N) is 2. The highest BCUT2D eigenvalue weighted by Gasteiger charge is 2.33. The Kier molecular flexibility index (Phi) is 7.44. The Bertz CT molecular complexity index is 1370. The molecule has 8 nitrogen and oxygen atoms in total. The lowest BCUT2D eigenvalue weighted by Gasteiger charge is -2.26. The predicted octanol–water partition coefficient (Wildman–Crippen LogP) is 3.51. The number of amides is 1. The normalized spacial score (nSPS) is 18.1. The van der Waals surface area contributed by atoms with Crippen LogP contribution in [0.4, 0.5) is 13.2 Å². The summed E-state index contributed by atoms with van der Waals surface area (Å²) in [6.07, 6.45) is -3.13. The minimum absolute atomic E-state index is 0.206. The third-order valence-electron chi connectivity index (χ3n) is 6.65. The van der Waals surface area contributed by atoms with Crippen LogP contribution in [0, 0.1) is 6.92 Å². The number of halogens is 3. The molecule has 198 valence electrons. The van der Waals surface area contributed by atoms with Crippen LogP contribution in [-0.2, 0) is 13.6 Å². The Balaban J connectivity index is 1.78. The first-order valence-corrected chi connectivity index (χ1v) is 12.0. The van der Waals surface area contributed by atoms with Crippen molar-refractivity contribution in [2.45, 2.75) is 57.5 Å². The van der Waals surface area contributed by atoms with Crippen molar-refractivity contribution in [1.29, 1.82) is 0 Å². The number of pyridine rings is 1. The highest BCUT2D eigenvalue weighted by Crippen LogP contribution is 2.33. The molecule has 0 aliphatic heterocycles. The van der Waals surface area contributed by atoms with E-state index in [1.54, 1.807) is 43.3 Å². The van der Waals surface area contributed by atoms with Crippen LogP contribution >= 0.6 is 0 Å². The van der Waals surface area contributed by atoms with E-state index in [1.807, 2.05) is 0 Å². The van der Waals surface area contributed by atoms with Crippen molar-refractivity contribution in [3.63, 3.8) is 0 Å². The van der Waals surface area contributed by atoms with E-state index in [0.717, 1.165) is 0 Å². The number of Topliss-reactive ketones (excluding diaryl/α,β-unsaturated/α-hetero) is 1. The summed E-state index contributed by atoms with van der Waals surface area (Å²) in [6, 6.07) is 9.60. The quantitative estimate of drug-likeness (QED) is 0.465. The third-order valence-corrected chi connectivity index (χ3v) is 6.65. The predicted molar refractivity (Wildman–Crippen MR) is 130 cm³/mol. The molecule has 1 saturated carbocycles. The number of aryl methyl sites for hydroxylation is 2. The molecule has 0 radical (unpaired) electrons. The molecule has 0 saturated heterocycles. The number of ketones is 1. The van der Waals surface area contributed by atoms with E-state index >= 15 is 0 Å². The Morgan fingerprint density at radius 3 is 2.41 bits per heavy atom. The van der Waals surface area contributed by atoms with Crippen molar-refractivity contribution in [2.24, 2.45) is 7.05 Å². The number of hydrogen-bond donors (Lipinski definition) is 2. The Morgan fingerprint density at radius 2 is 1.78 bits per heavy atom. The molecule has 2 N–H and O–H groups in total. The van der Waals surface area contributed by atoms with Crippen LogP contribution in [0.15, 0.2) is 41.2 Å². The molecule has 3 aromatic rings. The summed E-state index contributed by atoms with van der Waals surface area (Å²) < 4.78 is 46.9. The number of aliphatic hydroxyl groups is 1. The van der Waals surface area contributed by atoms with E-state index in [9.17, 15) is 32.7 Å². The number of alkyl halides is 3. The largest absolute Gasteiger partial charge is 0.481 e. The van der Waals surface area contributed by atoms with Crippen molar-refractivity contribution < 1.29 is 32.6 Å². The monoisotopic (exact) mass is 519 g/mol. The van der Waals surface area contributed by atoms with Crippen molar-refractivity contribution in [3.8, 4) is 5.75 Å². The third kappa shape index (κ3) is 5.71. The van der Waals surface area contributed by atoms with Gasteiger partial charge < -0.3 is 24.3 Å². The minimum atomic E-state index is -4.71. The van der Waals surface area contributed by atoms with Crippen LogP contribution < -0.4 is 15.6 Å². The number of rotatable bonds is 7. The fourth-order valence-corrected chi connectivity index (χ4v) is 4.70. The van der Waals surface area contributed by atoms with Gasteiger partial charge in [0.1, 0.15) is 5.39 Å². The number of carbonyl (C=O) groups is 2. The van der Waals surface area contributed by atoms with Crippen molar-refractivity contribution >= 4 is 22.6 Å². The average molecular weight is 520 g/mol. The molecule has 0 spiro atoms. The zero-order chi connectivity index (χ0) is 26.9. The number of ether oxygens (including phenoxy) is 1. The summed E-state index contributed by atoms with van der Waals surface area (Å²) in [5.74, 6) is -1.51. The number of nitrogens with one attached hydrogen (secondary N) is 1. The minimum Gasteiger partial charge on any atom is -0.481 e. The van der Waals surface area contributed by atoms with Crippen LogP contribution in [0.5, 0.6) is 5.75 Å². The van der Waals surface area contributed by atoms with Crippen molar-refractivity contribution in [2.75, 3.05) is 6.61 Å². The first-order valence-electron chi connectivity index (χ1n) is 12.0. The second kappa shape index (κ2) is 10.4. The second-order valence-corrected chi connectivity index (χ2v) is 9.35. The van der Waals surface area contributed by atoms with Gasteiger partial charge in [0.15, 0.2) is 23.8 Å². The average Bonchev–Trinajstić information content (AvgIpc) is 3.13. The summed E-state index contributed by atoms with van der Waals surface area (Å²) in [4.78, 5) is 39.6. The molecule has 0 unspecified atom stereocenters. The maximum absolute atomic E-state index is 13.6. The molecule has 1 fully saturated rings. The van der Waals surface area contributed by atoms with Gasteiger partial charge in [0.2, 0.25) is 0 Å². The van der Waals surface area contributed by atoms with Crippen molar-refractivity contribution in [1.82, 2.24) is 14.5 Å². The highest BCUT2D eigenvalue weighted by molar-refractivity contribution is 6.04. The molecular formula is C26H28F3N3O5. The van der Waals surface area contributed by atoms with Crippen LogP contribution in [0.3, 0.4) is 0 Å². The molecule has 0 bridgehead atoms. The number of hydrogen-bond acceptors (Lipinski definition) is 5. The fraction of sp³-hybridized carbons (Fsp3) is 0.423. The zero-order valence-electron chi connectivity index (χ0n) is 20.5. The Hall–Kier alpha value is -3.60. The van der Waals surface area contributed by atoms with E-state index in [1.165, 1.54) is 16.2 Å². The molecule has 2 heterocycles. The van der Waals surface area contributed by atoms with Gasteiger partial charge in [-0.1, -0.05) is 30.3 Å². The number of fused-ring (bicyclic) bond motifs is 1. The summed E-state index contributed by atoms with van der Waals surface area (Å²) in [6.45, 7) is -0.419. The SMILES string of the molecule is Cc1cc2c(c(OCC(F)(F)F)c(C(=O)NC3CCC(O)CC3)n2C)c(=O)n1CC(=O)c1ccccc1. The van der Waals surface area contributed by atoms with Gasteiger partial charge in [-0.15, -0.1) is 0 Å². The second-order valence-electron chi connectivity index (χ2n) is 9.35. The van der Waals surface area contributed by atoms with Gasteiger partial charge in [-0.25, -0.2) is 0 Å². The first-order chi connectivity index (χ1) is 17.5. The Labute approximate surface area is 210 Å². The number of aliphatic hydroxyl groups excluding tert-OH is 1. The van der Waals surface area contributed by atoms with Crippen molar-refractivity contribution in [3.05, 3.63) is 63.7 Å². The lowest BCUT2D eigenvalue weighted by atomic mass is 9.93. The topological polar surface area (TPSA) is 103 Å². The van der Waals surface area contributed by atoms with Gasteiger partial charge in [-0.3, -0.25) is 14.4 Å². The van der Waals surface area contributed by atoms with Gasteiger partial charge >= 0.3 is 6.18 Å². The number of aromatic nitrogens is 2. The van der Waals surface area contributed by atoms with E-state index in [-0.39, 0.29) is 35.0 Å². The zero-order valence-corrected chi connectivity index (χ0v) is 20.5. The van der Waals surface area contributed by atoms with Crippen LogP contribution in [0.2, 0.25) is 0 Å². The van der Waals surface area contributed by atoms with Crippen LogP contribution in [0.25, 0.3) is 10.9 Å². The van der Waals surface area contributed by atoms with Gasteiger partial charge in [0, 0.05) is 24.3 Å². The summed E-state index contributed by atoms with van der Waals surface area (Å²) in [5.41, 5.74) is 0.0550. The molecule has 1 aromatic carbocycles. The van der Waals surface area contributed by atoms with Gasteiger partial charge in [-0.2, -0.15) is 13.2 Å². The highest BCUT2D eigenvalue weighted by atomic mass is 19.4.